The summed E-state index contributed by atoms with van der Waals surface area (Å²) in [5.41, 5.74) is 2.53. The molecule has 0 bridgehead atoms. The molecule has 0 unspecified atom stereocenters. The third-order valence-corrected chi connectivity index (χ3v) is 3.31. The molecule has 0 aliphatic rings. The van der Waals surface area contributed by atoms with Gasteiger partial charge in [0, 0.05) is 25.5 Å². The summed E-state index contributed by atoms with van der Waals surface area (Å²) in [6.45, 7) is 1.60. The fraction of sp³-hybridized carbons (Fsp3) is 0.267. The maximum Gasteiger partial charge on any atom is 0.166 e. The Balaban J connectivity index is 1.66. The number of aryl methyl sites for hydroxylation is 1. The molecule has 4 heteroatoms. The van der Waals surface area contributed by atoms with Crippen molar-refractivity contribution < 1.29 is 0 Å². The van der Waals surface area contributed by atoms with Crippen molar-refractivity contribution in [2.45, 2.75) is 13.0 Å². The average molecular weight is 273 g/mol. The molecule has 100 valence electrons. The number of hydrogen-bond acceptors (Lipinski definition) is 1. The Morgan fingerprint density at radius 1 is 1.11 bits per heavy atom. The molecule has 0 radical (unpaired) electrons. The molecule has 0 spiro atoms. The standard InChI is InChI=1S/C15H19N3S/c1-18-11-5-8-14(18)12-17-15(19)16-10-9-13-6-3-2-4-7-13/h2-8,11H,9-10,12H2,1H3,(H2,16,17,19). The van der Waals surface area contributed by atoms with Gasteiger partial charge in [0.05, 0.1) is 6.54 Å². The van der Waals surface area contributed by atoms with Crippen molar-refractivity contribution in [3.8, 4) is 0 Å². The number of nitrogens with one attached hydrogen (secondary N) is 2. The van der Waals surface area contributed by atoms with Crippen molar-refractivity contribution >= 4 is 17.3 Å². The molecular formula is C15H19N3S. The van der Waals surface area contributed by atoms with Crippen LogP contribution in [-0.2, 0) is 20.0 Å². The van der Waals surface area contributed by atoms with Crippen molar-refractivity contribution in [1.82, 2.24) is 15.2 Å². The zero-order chi connectivity index (χ0) is 13.5. The quantitative estimate of drug-likeness (QED) is 0.819. The lowest BCUT2D eigenvalue weighted by atomic mass is 10.1. The summed E-state index contributed by atoms with van der Waals surface area (Å²) in [4.78, 5) is 0. The molecule has 2 aromatic rings. The van der Waals surface area contributed by atoms with E-state index in [-0.39, 0.29) is 0 Å². The van der Waals surface area contributed by atoms with Crippen LogP contribution in [0.15, 0.2) is 48.7 Å². The van der Waals surface area contributed by atoms with E-state index in [1.807, 2.05) is 25.4 Å². The predicted molar refractivity (Wildman–Crippen MR) is 83.0 cm³/mol. The Morgan fingerprint density at radius 2 is 1.89 bits per heavy atom. The van der Waals surface area contributed by atoms with Crippen LogP contribution in [0, 0.1) is 0 Å². The van der Waals surface area contributed by atoms with E-state index in [4.69, 9.17) is 12.2 Å². The minimum atomic E-state index is 0.706. The van der Waals surface area contributed by atoms with Gasteiger partial charge in [-0.15, -0.1) is 0 Å². The number of rotatable bonds is 5. The highest BCUT2D eigenvalue weighted by Crippen LogP contribution is 1.99. The van der Waals surface area contributed by atoms with E-state index >= 15 is 0 Å². The first-order chi connectivity index (χ1) is 9.25. The van der Waals surface area contributed by atoms with E-state index in [0.717, 1.165) is 19.5 Å². The lowest BCUT2D eigenvalue weighted by Gasteiger charge is -2.11. The van der Waals surface area contributed by atoms with Gasteiger partial charge < -0.3 is 15.2 Å². The second-order valence-corrected chi connectivity index (χ2v) is 4.86. The first-order valence-corrected chi connectivity index (χ1v) is 6.82. The Bertz CT molecular complexity index is 519. The van der Waals surface area contributed by atoms with Gasteiger partial charge in [-0.2, -0.15) is 0 Å². The van der Waals surface area contributed by atoms with Crippen LogP contribution < -0.4 is 10.6 Å². The summed E-state index contributed by atoms with van der Waals surface area (Å²) in [6.07, 6.45) is 3.01. The van der Waals surface area contributed by atoms with Crippen LogP contribution in [-0.4, -0.2) is 16.2 Å². The van der Waals surface area contributed by atoms with Gasteiger partial charge >= 0.3 is 0 Å². The van der Waals surface area contributed by atoms with Crippen LogP contribution in [0.25, 0.3) is 0 Å². The first kappa shape index (κ1) is 13.6. The van der Waals surface area contributed by atoms with E-state index in [9.17, 15) is 0 Å². The summed E-state index contributed by atoms with van der Waals surface area (Å²) >= 11 is 5.25. The normalized spacial score (nSPS) is 10.2. The second kappa shape index (κ2) is 6.95. The highest BCUT2D eigenvalue weighted by molar-refractivity contribution is 7.80. The molecule has 0 aliphatic carbocycles. The maximum absolute atomic E-state index is 5.25. The number of thiocarbonyl (C=S) groups is 1. The molecule has 2 N–H and O–H groups in total. The molecule has 1 heterocycles. The van der Waals surface area contributed by atoms with Crippen molar-refractivity contribution in [2.75, 3.05) is 6.54 Å². The minimum absolute atomic E-state index is 0.706. The molecule has 0 atom stereocenters. The molecule has 2 rings (SSSR count). The van der Waals surface area contributed by atoms with Crippen molar-refractivity contribution in [3.63, 3.8) is 0 Å². The summed E-state index contributed by atoms with van der Waals surface area (Å²) in [5, 5.41) is 7.14. The predicted octanol–water partition coefficient (Wildman–Crippen LogP) is 2.23. The monoisotopic (exact) mass is 273 g/mol. The first-order valence-electron chi connectivity index (χ1n) is 6.41. The number of aromatic nitrogens is 1. The van der Waals surface area contributed by atoms with Gasteiger partial charge in [-0.3, -0.25) is 0 Å². The third kappa shape index (κ3) is 4.41. The van der Waals surface area contributed by atoms with Crippen LogP contribution in [0.4, 0.5) is 0 Å². The van der Waals surface area contributed by atoms with Crippen molar-refractivity contribution in [1.29, 1.82) is 0 Å². The smallest absolute Gasteiger partial charge is 0.166 e. The average Bonchev–Trinajstić information content (AvgIpc) is 2.83. The maximum atomic E-state index is 5.25. The largest absolute Gasteiger partial charge is 0.362 e. The van der Waals surface area contributed by atoms with E-state index in [0.29, 0.717) is 5.11 Å². The van der Waals surface area contributed by atoms with Gasteiger partial charge in [-0.25, -0.2) is 0 Å². The van der Waals surface area contributed by atoms with Gasteiger partial charge in [0.1, 0.15) is 0 Å². The van der Waals surface area contributed by atoms with Crippen LogP contribution in [0.2, 0.25) is 0 Å². The molecule has 1 aromatic carbocycles. The minimum Gasteiger partial charge on any atom is -0.362 e. The lowest BCUT2D eigenvalue weighted by molar-refractivity contribution is 0.758. The lowest BCUT2D eigenvalue weighted by Crippen LogP contribution is -2.36. The summed E-state index contributed by atoms with van der Waals surface area (Å²) in [6, 6.07) is 14.5. The summed E-state index contributed by atoms with van der Waals surface area (Å²) in [5.74, 6) is 0. The molecule has 19 heavy (non-hydrogen) atoms. The molecule has 0 fully saturated rings. The SMILES string of the molecule is Cn1cccc1CNC(=S)NCCc1ccccc1. The van der Waals surface area contributed by atoms with Gasteiger partial charge in [0.2, 0.25) is 0 Å². The van der Waals surface area contributed by atoms with E-state index in [2.05, 4.69) is 45.5 Å². The number of nitrogens with zero attached hydrogens (tertiary/aromatic N) is 1. The highest BCUT2D eigenvalue weighted by Gasteiger charge is 1.99. The molecule has 0 saturated carbocycles. The van der Waals surface area contributed by atoms with Crippen molar-refractivity contribution in [2.24, 2.45) is 7.05 Å². The Labute approximate surface area is 119 Å². The Hall–Kier alpha value is -1.81. The second-order valence-electron chi connectivity index (χ2n) is 4.46. The Kier molecular flexibility index (Phi) is 4.98. The molecule has 0 aliphatic heterocycles. The molecule has 1 aromatic heterocycles. The van der Waals surface area contributed by atoms with Gasteiger partial charge in [0.25, 0.3) is 0 Å². The van der Waals surface area contributed by atoms with Crippen LogP contribution in [0.3, 0.4) is 0 Å². The fourth-order valence-corrected chi connectivity index (χ4v) is 2.05. The van der Waals surface area contributed by atoms with Crippen LogP contribution >= 0.6 is 12.2 Å². The van der Waals surface area contributed by atoms with Crippen molar-refractivity contribution in [3.05, 3.63) is 59.9 Å². The van der Waals surface area contributed by atoms with E-state index in [1.54, 1.807) is 0 Å². The van der Waals surface area contributed by atoms with Gasteiger partial charge in [0.15, 0.2) is 5.11 Å². The number of benzene rings is 1. The highest BCUT2D eigenvalue weighted by atomic mass is 32.1. The van der Waals surface area contributed by atoms with Crippen LogP contribution in [0.5, 0.6) is 0 Å². The molecule has 3 nitrogen and oxygen atoms in total. The molecular weight excluding hydrogens is 254 g/mol. The van der Waals surface area contributed by atoms with E-state index in [1.165, 1.54) is 11.3 Å². The molecule has 0 amide bonds. The number of hydrogen-bond donors (Lipinski definition) is 2. The summed E-state index contributed by atoms with van der Waals surface area (Å²) in [7, 11) is 2.03. The zero-order valence-electron chi connectivity index (χ0n) is 11.1. The topological polar surface area (TPSA) is 29.0 Å². The molecule has 0 saturated heterocycles. The van der Waals surface area contributed by atoms with E-state index < -0.39 is 0 Å². The Morgan fingerprint density at radius 3 is 2.58 bits per heavy atom. The van der Waals surface area contributed by atoms with Crippen LogP contribution in [0.1, 0.15) is 11.3 Å². The summed E-state index contributed by atoms with van der Waals surface area (Å²) < 4.78 is 2.08. The van der Waals surface area contributed by atoms with Gasteiger partial charge in [-0.05, 0) is 36.3 Å². The third-order valence-electron chi connectivity index (χ3n) is 3.02. The zero-order valence-corrected chi connectivity index (χ0v) is 11.9. The van der Waals surface area contributed by atoms with Gasteiger partial charge in [-0.1, -0.05) is 30.3 Å². The fourth-order valence-electron chi connectivity index (χ4n) is 1.88.